The Morgan fingerprint density at radius 1 is 1.43 bits per heavy atom. The van der Waals surface area contributed by atoms with E-state index in [0.29, 0.717) is 0 Å². The molecule has 0 atom stereocenters. The van der Waals surface area contributed by atoms with Crippen LogP contribution in [0.1, 0.15) is 19.0 Å². The molecule has 0 radical (unpaired) electrons. The molecule has 0 aliphatic rings. The summed E-state index contributed by atoms with van der Waals surface area (Å²) in [5.41, 5.74) is 1.09. The molecule has 0 amide bonds. The number of anilines is 1. The molecule has 0 saturated carbocycles. The zero-order valence-electron chi connectivity index (χ0n) is 8.79. The molecule has 0 aliphatic carbocycles. The summed E-state index contributed by atoms with van der Waals surface area (Å²) in [4.78, 5) is 8.30. The number of aromatic nitrogens is 2. The van der Waals surface area contributed by atoms with E-state index in [-0.39, 0.29) is 0 Å². The molecule has 0 unspecified atom stereocenters. The Labute approximate surface area is 89.7 Å². The summed E-state index contributed by atoms with van der Waals surface area (Å²) in [6.07, 6.45) is 5.88. The Balaban J connectivity index is 2.34. The Hall–Kier alpha value is -0.770. The number of nitrogens with zero attached hydrogens (tertiary/aromatic N) is 2. The molecule has 4 heteroatoms. The van der Waals surface area contributed by atoms with Crippen molar-refractivity contribution < 1.29 is 0 Å². The van der Waals surface area contributed by atoms with Crippen LogP contribution >= 0.6 is 11.8 Å². The van der Waals surface area contributed by atoms with Crippen molar-refractivity contribution >= 4 is 17.6 Å². The molecule has 1 rings (SSSR count). The fraction of sp³-hybridized carbons (Fsp3) is 0.600. The average Bonchev–Trinajstić information content (AvgIpc) is 2.25. The lowest BCUT2D eigenvalue weighted by Crippen LogP contribution is -2.05. The van der Waals surface area contributed by atoms with E-state index in [9.17, 15) is 0 Å². The largest absolute Gasteiger partial charge is 0.370 e. The quantitative estimate of drug-likeness (QED) is 0.732. The van der Waals surface area contributed by atoms with Gasteiger partial charge in [-0.05, 0) is 24.9 Å². The number of thioether (sulfide) groups is 1. The third-order valence-electron chi connectivity index (χ3n) is 1.92. The Morgan fingerprint density at radius 2 is 2.29 bits per heavy atom. The second kappa shape index (κ2) is 6.65. The first-order valence-electron chi connectivity index (χ1n) is 4.90. The van der Waals surface area contributed by atoms with Gasteiger partial charge in [0.25, 0.3) is 0 Å². The van der Waals surface area contributed by atoms with Crippen LogP contribution in [0, 0.1) is 0 Å². The van der Waals surface area contributed by atoms with Gasteiger partial charge in [-0.25, -0.2) is 9.97 Å². The van der Waals surface area contributed by atoms with Crippen LogP contribution in [0.15, 0.2) is 12.4 Å². The maximum Gasteiger partial charge on any atom is 0.129 e. The van der Waals surface area contributed by atoms with E-state index in [1.165, 1.54) is 12.2 Å². The van der Waals surface area contributed by atoms with Crippen molar-refractivity contribution in [3.05, 3.63) is 18.1 Å². The number of aryl methyl sites for hydroxylation is 1. The van der Waals surface area contributed by atoms with Gasteiger partial charge in [-0.3, -0.25) is 0 Å². The minimum atomic E-state index is 0.943. The molecule has 1 N–H and O–H groups in total. The van der Waals surface area contributed by atoms with E-state index in [2.05, 4.69) is 28.5 Å². The number of rotatable bonds is 6. The van der Waals surface area contributed by atoms with E-state index >= 15 is 0 Å². The van der Waals surface area contributed by atoms with Crippen molar-refractivity contribution in [1.82, 2.24) is 9.97 Å². The van der Waals surface area contributed by atoms with Crippen LogP contribution in [0.5, 0.6) is 0 Å². The Kier molecular flexibility index (Phi) is 5.37. The summed E-state index contributed by atoms with van der Waals surface area (Å²) in [6.45, 7) is 3.08. The third kappa shape index (κ3) is 3.96. The minimum absolute atomic E-state index is 0.943. The van der Waals surface area contributed by atoms with Crippen molar-refractivity contribution in [2.24, 2.45) is 0 Å². The molecular weight excluding hydrogens is 194 g/mol. The lowest BCUT2D eigenvalue weighted by atomic mass is 10.3. The summed E-state index contributed by atoms with van der Waals surface area (Å²) in [5.74, 6) is 2.14. The summed E-state index contributed by atoms with van der Waals surface area (Å²) in [6, 6.07) is 2.01. The molecule has 1 heterocycles. The van der Waals surface area contributed by atoms with Crippen LogP contribution in [0.4, 0.5) is 5.82 Å². The van der Waals surface area contributed by atoms with Crippen LogP contribution in [-0.2, 0) is 6.42 Å². The Morgan fingerprint density at radius 3 is 3.00 bits per heavy atom. The van der Waals surface area contributed by atoms with Gasteiger partial charge in [-0.2, -0.15) is 11.8 Å². The van der Waals surface area contributed by atoms with Gasteiger partial charge in [0.15, 0.2) is 0 Å². The molecule has 0 spiro atoms. The minimum Gasteiger partial charge on any atom is -0.370 e. The van der Waals surface area contributed by atoms with Gasteiger partial charge in [-0.15, -0.1) is 0 Å². The summed E-state index contributed by atoms with van der Waals surface area (Å²) >= 11 is 1.87. The van der Waals surface area contributed by atoms with Gasteiger partial charge in [0.05, 0.1) is 0 Å². The average molecular weight is 211 g/mol. The molecule has 1 aromatic rings. The van der Waals surface area contributed by atoms with E-state index in [0.717, 1.165) is 24.5 Å². The molecule has 14 heavy (non-hydrogen) atoms. The van der Waals surface area contributed by atoms with Crippen LogP contribution < -0.4 is 5.32 Å². The highest BCUT2D eigenvalue weighted by molar-refractivity contribution is 7.98. The summed E-state index contributed by atoms with van der Waals surface area (Å²) in [7, 11) is 0. The fourth-order valence-electron chi connectivity index (χ4n) is 1.12. The van der Waals surface area contributed by atoms with Crippen LogP contribution in [0.25, 0.3) is 0 Å². The molecule has 0 saturated heterocycles. The van der Waals surface area contributed by atoms with Crippen molar-refractivity contribution in [2.45, 2.75) is 19.8 Å². The zero-order chi connectivity index (χ0) is 10.2. The standard InChI is InChI=1S/C10H17N3S/c1-3-9-7-10(13-8-12-9)11-5-4-6-14-2/h7-8H,3-6H2,1-2H3,(H,11,12,13). The molecule has 1 aromatic heterocycles. The van der Waals surface area contributed by atoms with Gasteiger partial charge >= 0.3 is 0 Å². The fourth-order valence-corrected chi connectivity index (χ4v) is 1.55. The normalized spacial score (nSPS) is 10.1. The SMILES string of the molecule is CCc1cc(NCCCSC)ncn1. The lowest BCUT2D eigenvalue weighted by Gasteiger charge is -2.05. The van der Waals surface area contributed by atoms with Crippen molar-refractivity contribution in [2.75, 3.05) is 23.9 Å². The first-order valence-corrected chi connectivity index (χ1v) is 6.30. The second-order valence-electron chi connectivity index (χ2n) is 3.02. The van der Waals surface area contributed by atoms with E-state index < -0.39 is 0 Å². The molecule has 3 nitrogen and oxygen atoms in total. The van der Waals surface area contributed by atoms with Gasteiger partial charge in [-0.1, -0.05) is 6.92 Å². The van der Waals surface area contributed by atoms with Gasteiger partial charge in [0.2, 0.25) is 0 Å². The third-order valence-corrected chi connectivity index (χ3v) is 2.61. The van der Waals surface area contributed by atoms with Crippen LogP contribution in [0.2, 0.25) is 0 Å². The van der Waals surface area contributed by atoms with Crippen molar-refractivity contribution in [1.29, 1.82) is 0 Å². The zero-order valence-corrected chi connectivity index (χ0v) is 9.60. The van der Waals surface area contributed by atoms with Gasteiger partial charge in [0.1, 0.15) is 12.1 Å². The highest BCUT2D eigenvalue weighted by atomic mass is 32.2. The van der Waals surface area contributed by atoms with Crippen molar-refractivity contribution in [3.63, 3.8) is 0 Å². The predicted molar refractivity (Wildman–Crippen MR) is 62.9 cm³/mol. The Bertz CT molecular complexity index is 265. The highest BCUT2D eigenvalue weighted by Crippen LogP contribution is 2.04. The first-order chi connectivity index (χ1) is 6.86. The lowest BCUT2D eigenvalue weighted by molar-refractivity contribution is 0.955. The summed E-state index contributed by atoms with van der Waals surface area (Å²) < 4.78 is 0. The molecule has 0 aliphatic heterocycles. The van der Waals surface area contributed by atoms with E-state index in [4.69, 9.17) is 0 Å². The van der Waals surface area contributed by atoms with Crippen LogP contribution in [-0.4, -0.2) is 28.5 Å². The molecule has 78 valence electrons. The predicted octanol–water partition coefficient (Wildman–Crippen LogP) is 2.20. The molecule has 0 aromatic carbocycles. The molecular formula is C10H17N3S. The maximum absolute atomic E-state index is 4.16. The topological polar surface area (TPSA) is 37.8 Å². The first kappa shape index (κ1) is 11.3. The van der Waals surface area contributed by atoms with E-state index in [1.807, 2.05) is 17.8 Å². The summed E-state index contributed by atoms with van der Waals surface area (Å²) in [5, 5.41) is 3.29. The number of hydrogen-bond acceptors (Lipinski definition) is 4. The molecule has 0 bridgehead atoms. The monoisotopic (exact) mass is 211 g/mol. The number of hydrogen-bond donors (Lipinski definition) is 1. The van der Waals surface area contributed by atoms with Crippen molar-refractivity contribution in [3.8, 4) is 0 Å². The second-order valence-corrected chi connectivity index (χ2v) is 4.01. The van der Waals surface area contributed by atoms with Gasteiger partial charge in [0, 0.05) is 18.3 Å². The smallest absolute Gasteiger partial charge is 0.129 e. The number of nitrogens with one attached hydrogen (secondary N) is 1. The molecule has 0 fully saturated rings. The van der Waals surface area contributed by atoms with Crippen LogP contribution in [0.3, 0.4) is 0 Å². The maximum atomic E-state index is 4.16. The highest BCUT2D eigenvalue weighted by Gasteiger charge is 1.95. The van der Waals surface area contributed by atoms with E-state index in [1.54, 1.807) is 6.33 Å². The van der Waals surface area contributed by atoms with Gasteiger partial charge < -0.3 is 5.32 Å².